The van der Waals surface area contributed by atoms with E-state index in [9.17, 15) is 13.2 Å². The van der Waals surface area contributed by atoms with E-state index in [0.717, 1.165) is 12.3 Å². The van der Waals surface area contributed by atoms with Gasteiger partial charge < -0.3 is 4.74 Å². The summed E-state index contributed by atoms with van der Waals surface area (Å²) in [6.07, 6.45) is -0.455. The van der Waals surface area contributed by atoms with E-state index in [1.54, 1.807) is 40.7 Å². The van der Waals surface area contributed by atoms with Crippen molar-refractivity contribution in [1.29, 1.82) is 0 Å². The fourth-order valence-corrected chi connectivity index (χ4v) is 2.70. The predicted octanol–water partition coefficient (Wildman–Crippen LogP) is 3.24. The molecule has 27 heavy (non-hydrogen) atoms. The maximum atomic E-state index is 13.0. The number of pyridine rings is 2. The summed E-state index contributed by atoms with van der Waals surface area (Å²) in [7, 11) is 3.24. The van der Waals surface area contributed by atoms with Gasteiger partial charge in [0.1, 0.15) is 11.2 Å². The first-order valence-corrected chi connectivity index (χ1v) is 7.83. The third kappa shape index (κ3) is 2.98. The second-order valence-corrected chi connectivity index (χ2v) is 5.77. The number of hydrogen-bond donors (Lipinski definition) is 0. The minimum atomic E-state index is -4.50. The quantitative estimate of drug-likeness (QED) is 0.551. The van der Waals surface area contributed by atoms with Gasteiger partial charge in [-0.3, -0.25) is 9.25 Å². The van der Waals surface area contributed by atoms with Crippen LogP contribution in [0.25, 0.3) is 28.4 Å². The molecule has 138 valence electrons. The van der Waals surface area contributed by atoms with Crippen molar-refractivity contribution < 1.29 is 17.9 Å². The van der Waals surface area contributed by atoms with Gasteiger partial charge in [-0.1, -0.05) is 0 Å². The fourth-order valence-electron chi connectivity index (χ4n) is 2.70. The molecule has 0 radical (unpaired) electrons. The summed E-state index contributed by atoms with van der Waals surface area (Å²) in [6.45, 7) is 0. The lowest BCUT2D eigenvalue weighted by atomic mass is 10.2. The molecule has 4 rings (SSSR count). The Hall–Kier alpha value is -3.43. The van der Waals surface area contributed by atoms with E-state index < -0.39 is 11.7 Å². The summed E-state index contributed by atoms with van der Waals surface area (Å²) in [5.41, 5.74) is 0.600. The van der Waals surface area contributed by atoms with E-state index >= 15 is 0 Å². The van der Waals surface area contributed by atoms with Gasteiger partial charge in [0.2, 0.25) is 5.88 Å². The number of aromatic nitrogens is 6. The van der Waals surface area contributed by atoms with E-state index in [0.29, 0.717) is 23.1 Å². The average molecular weight is 374 g/mol. The Morgan fingerprint density at radius 1 is 1.07 bits per heavy atom. The molecule has 0 saturated carbocycles. The molecule has 0 aromatic carbocycles. The average Bonchev–Trinajstić information content (AvgIpc) is 3.23. The third-order valence-electron chi connectivity index (χ3n) is 3.96. The molecule has 10 heteroatoms. The second kappa shape index (κ2) is 6.08. The molecule has 7 nitrogen and oxygen atoms in total. The smallest absolute Gasteiger partial charge is 0.417 e. The Morgan fingerprint density at radius 3 is 2.48 bits per heavy atom. The molecule has 0 bridgehead atoms. The number of alkyl halides is 3. The Labute approximate surface area is 151 Å². The normalized spacial score (nSPS) is 11.9. The maximum absolute atomic E-state index is 13.0. The molecule has 0 aliphatic rings. The number of fused-ring (bicyclic) bond motifs is 1. The number of hydrogen-bond acceptors (Lipinski definition) is 5. The lowest BCUT2D eigenvalue weighted by Gasteiger charge is -2.08. The zero-order valence-corrected chi connectivity index (χ0v) is 14.3. The summed E-state index contributed by atoms with van der Waals surface area (Å²) < 4.78 is 47.4. The predicted molar refractivity (Wildman–Crippen MR) is 90.4 cm³/mol. The molecular weight excluding hydrogens is 361 g/mol. The minimum Gasteiger partial charge on any atom is -0.481 e. The van der Waals surface area contributed by atoms with Gasteiger partial charge in [0.25, 0.3) is 0 Å². The van der Waals surface area contributed by atoms with Gasteiger partial charge in [-0.25, -0.2) is 15.0 Å². The lowest BCUT2D eigenvalue weighted by Crippen LogP contribution is -2.06. The summed E-state index contributed by atoms with van der Waals surface area (Å²) in [5.74, 6) is 0.777. The van der Waals surface area contributed by atoms with Crippen LogP contribution in [0, 0.1) is 0 Å². The van der Waals surface area contributed by atoms with Gasteiger partial charge in [-0.15, -0.1) is 0 Å². The molecule has 0 unspecified atom stereocenters. The van der Waals surface area contributed by atoms with Crippen molar-refractivity contribution in [2.45, 2.75) is 6.18 Å². The fraction of sp³-hybridized carbons (Fsp3) is 0.176. The zero-order chi connectivity index (χ0) is 19.2. The topological polar surface area (TPSA) is 70.7 Å². The number of methoxy groups -OCH3 is 1. The summed E-state index contributed by atoms with van der Waals surface area (Å²) >= 11 is 0. The van der Waals surface area contributed by atoms with Crippen LogP contribution in [0.2, 0.25) is 0 Å². The summed E-state index contributed by atoms with van der Waals surface area (Å²) in [6, 6.07) is 6.06. The van der Waals surface area contributed by atoms with Crippen LogP contribution < -0.4 is 4.74 Å². The maximum Gasteiger partial charge on any atom is 0.417 e. The van der Waals surface area contributed by atoms with Gasteiger partial charge in [0, 0.05) is 25.5 Å². The number of imidazole rings is 1. The van der Waals surface area contributed by atoms with Gasteiger partial charge in [0.15, 0.2) is 11.5 Å². The molecule has 0 aliphatic carbocycles. The standard InChI is InChI=1S/C17H13F3N6O/c1-25-6-5-12(24-25)16-23-13-7-10(17(18,19)20)8-22-15(13)26(16)11-3-4-14(27-2)21-9-11/h3-9H,1-2H3. The van der Waals surface area contributed by atoms with E-state index in [1.165, 1.54) is 13.3 Å². The molecular formula is C17H13F3N6O. The summed E-state index contributed by atoms with van der Waals surface area (Å²) in [4.78, 5) is 12.5. The third-order valence-corrected chi connectivity index (χ3v) is 3.96. The van der Waals surface area contributed by atoms with Crippen molar-refractivity contribution in [3.63, 3.8) is 0 Å². The molecule has 4 aromatic heterocycles. The summed E-state index contributed by atoms with van der Waals surface area (Å²) in [5, 5.41) is 4.31. The molecule has 0 amide bonds. The number of aryl methyl sites for hydroxylation is 1. The highest BCUT2D eigenvalue weighted by Gasteiger charge is 2.32. The number of ether oxygens (including phenoxy) is 1. The highest BCUT2D eigenvalue weighted by Crippen LogP contribution is 2.32. The Balaban J connectivity index is 1.98. The van der Waals surface area contributed by atoms with Crippen LogP contribution in [0.4, 0.5) is 13.2 Å². The molecule has 0 N–H and O–H groups in total. The Bertz CT molecular complexity index is 1110. The highest BCUT2D eigenvalue weighted by atomic mass is 19.4. The van der Waals surface area contributed by atoms with E-state index in [-0.39, 0.29) is 11.2 Å². The van der Waals surface area contributed by atoms with Crippen molar-refractivity contribution >= 4 is 11.2 Å². The minimum absolute atomic E-state index is 0.112. The van der Waals surface area contributed by atoms with Crippen LogP contribution in [0.15, 0.2) is 42.9 Å². The van der Waals surface area contributed by atoms with Crippen molar-refractivity contribution in [3.05, 3.63) is 48.4 Å². The van der Waals surface area contributed by atoms with Crippen LogP contribution in [0.3, 0.4) is 0 Å². The van der Waals surface area contributed by atoms with Gasteiger partial charge in [0.05, 0.1) is 24.6 Å². The molecule has 4 aromatic rings. The van der Waals surface area contributed by atoms with Gasteiger partial charge in [-0.05, 0) is 18.2 Å². The zero-order valence-electron chi connectivity index (χ0n) is 14.3. The first-order chi connectivity index (χ1) is 12.9. The van der Waals surface area contributed by atoms with Crippen LogP contribution in [0.1, 0.15) is 5.56 Å². The number of rotatable bonds is 3. The Kier molecular flexibility index (Phi) is 3.83. The van der Waals surface area contributed by atoms with Crippen molar-refractivity contribution in [2.75, 3.05) is 7.11 Å². The van der Waals surface area contributed by atoms with Gasteiger partial charge in [-0.2, -0.15) is 18.3 Å². The number of halogens is 3. The van der Waals surface area contributed by atoms with Gasteiger partial charge >= 0.3 is 6.18 Å². The van der Waals surface area contributed by atoms with E-state index in [1.807, 2.05) is 0 Å². The van der Waals surface area contributed by atoms with Crippen LogP contribution in [-0.2, 0) is 13.2 Å². The lowest BCUT2D eigenvalue weighted by molar-refractivity contribution is -0.137. The molecule has 0 aliphatic heterocycles. The molecule has 4 heterocycles. The number of nitrogens with zero attached hydrogens (tertiary/aromatic N) is 6. The largest absolute Gasteiger partial charge is 0.481 e. The molecule has 0 saturated heterocycles. The molecule has 0 spiro atoms. The first kappa shape index (κ1) is 17.0. The molecule has 0 fully saturated rings. The van der Waals surface area contributed by atoms with Crippen LogP contribution in [0.5, 0.6) is 5.88 Å². The van der Waals surface area contributed by atoms with E-state index in [2.05, 4.69) is 20.1 Å². The first-order valence-electron chi connectivity index (χ1n) is 7.83. The monoisotopic (exact) mass is 374 g/mol. The van der Waals surface area contributed by atoms with Crippen molar-refractivity contribution in [2.24, 2.45) is 7.05 Å². The van der Waals surface area contributed by atoms with E-state index in [4.69, 9.17) is 4.74 Å². The van der Waals surface area contributed by atoms with Crippen molar-refractivity contribution in [1.82, 2.24) is 29.3 Å². The second-order valence-electron chi connectivity index (χ2n) is 5.77. The SMILES string of the molecule is COc1ccc(-n2c(-c3ccn(C)n3)nc3cc(C(F)(F)F)cnc32)cn1. The van der Waals surface area contributed by atoms with Crippen LogP contribution >= 0.6 is 0 Å². The highest BCUT2D eigenvalue weighted by molar-refractivity contribution is 5.79. The molecule has 0 atom stereocenters. The van der Waals surface area contributed by atoms with Crippen molar-refractivity contribution in [3.8, 4) is 23.1 Å². The Morgan fingerprint density at radius 2 is 1.89 bits per heavy atom. The van der Waals surface area contributed by atoms with Crippen LogP contribution in [-0.4, -0.2) is 36.4 Å².